The number of ether oxygens (including phenoxy) is 3. The van der Waals surface area contributed by atoms with Crippen LogP contribution in [0.2, 0.25) is 0 Å². The number of carbonyl (C=O) groups excluding carboxylic acids is 1. The Morgan fingerprint density at radius 2 is 2.05 bits per heavy atom. The largest absolute Gasteiger partial charge is 0.504 e. The van der Waals surface area contributed by atoms with E-state index in [2.05, 4.69) is 4.74 Å². The summed E-state index contributed by atoms with van der Waals surface area (Å²) in [4.78, 5) is 21.5. The van der Waals surface area contributed by atoms with E-state index in [1.807, 2.05) is 0 Å². The Hall–Kier alpha value is -2.35. The summed E-state index contributed by atoms with van der Waals surface area (Å²) < 4.78 is 14.3. The molecule has 0 bridgehead atoms. The van der Waals surface area contributed by atoms with Gasteiger partial charge in [0.25, 0.3) is 5.69 Å². The van der Waals surface area contributed by atoms with Gasteiger partial charge in [-0.05, 0) is 6.92 Å². The molecule has 0 aromatic heterocycles. The zero-order chi connectivity index (χ0) is 14.6. The molecule has 0 amide bonds. The van der Waals surface area contributed by atoms with Crippen molar-refractivity contribution in [1.82, 2.24) is 0 Å². The predicted molar refractivity (Wildman–Crippen MR) is 63.2 cm³/mol. The van der Waals surface area contributed by atoms with E-state index >= 15 is 0 Å². The molecule has 1 aromatic rings. The van der Waals surface area contributed by atoms with E-state index in [-0.39, 0.29) is 11.3 Å². The minimum Gasteiger partial charge on any atom is -0.504 e. The molecular formula is C11H13NO7. The number of benzene rings is 1. The van der Waals surface area contributed by atoms with Gasteiger partial charge in [-0.1, -0.05) is 0 Å². The summed E-state index contributed by atoms with van der Waals surface area (Å²) in [6.07, 6.45) is -0.713. The molecule has 1 aromatic carbocycles. The van der Waals surface area contributed by atoms with Crippen molar-refractivity contribution in [3.8, 4) is 11.5 Å². The maximum absolute atomic E-state index is 11.4. The molecule has 104 valence electrons. The minimum absolute atomic E-state index is 0.159. The number of nitro groups is 1. The highest BCUT2D eigenvalue weighted by molar-refractivity contribution is 5.94. The molecule has 8 nitrogen and oxygen atoms in total. The van der Waals surface area contributed by atoms with Crippen LogP contribution in [0.5, 0.6) is 11.5 Å². The predicted octanol–water partition coefficient (Wildman–Crippen LogP) is 1.46. The lowest BCUT2D eigenvalue weighted by Crippen LogP contribution is -2.14. The molecule has 0 saturated heterocycles. The van der Waals surface area contributed by atoms with E-state index in [1.54, 1.807) is 6.92 Å². The van der Waals surface area contributed by atoms with E-state index in [4.69, 9.17) is 9.47 Å². The summed E-state index contributed by atoms with van der Waals surface area (Å²) in [6.45, 7) is 1.54. The fourth-order valence-electron chi connectivity index (χ4n) is 1.30. The number of carbonyl (C=O) groups is 1. The molecule has 19 heavy (non-hydrogen) atoms. The number of phenolic OH excluding ortho intramolecular Hbond substituents is 1. The normalized spacial score (nSPS) is 11.7. The van der Waals surface area contributed by atoms with Crippen LogP contribution in [0.1, 0.15) is 17.3 Å². The molecule has 8 heteroatoms. The van der Waals surface area contributed by atoms with Gasteiger partial charge in [0.1, 0.15) is 5.56 Å². The number of nitrogens with zero attached hydrogens (tertiary/aromatic N) is 1. The fraction of sp³-hybridized carbons (Fsp3) is 0.364. The molecule has 0 aliphatic heterocycles. The zero-order valence-electron chi connectivity index (χ0n) is 10.6. The Morgan fingerprint density at radius 1 is 1.42 bits per heavy atom. The van der Waals surface area contributed by atoms with Gasteiger partial charge in [0.05, 0.1) is 18.1 Å². The summed E-state index contributed by atoms with van der Waals surface area (Å²) in [5.41, 5.74) is -0.884. The molecule has 0 saturated carbocycles. The van der Waals surface area contributed by atoms with Gasteiger partial charge in [-0.2, -0.15) is 0 Å². The monoisotopic (exact) mass is 271 g/mol. The number of methoxy groups -OCH3 is 2. The SMILES string of the molecule is COC(=O)c1cc(O)c(OC(C)OC)cc1[N+](=O)[O-]. The Morgan fingerprint density at radius 3 is 2.53 bits per heavy atom. The maximum Gasteiger partial charge on any atom is 0.345 e. The van der Waals surface area contributed by atoms with Crippen molar-refractivity contribution in [1.29, 1.82) is 0 Å². The first-order valence-corrected chi connectivity index (χ1v) is 5.19. The lowest BCUT2D eigenvalue weighted by atomic mass is 10.1. The molecule has 1 unspecified atom stereocenters. The van der Waals surface area contributed by atoms with Gasteiger partial charge in [-0.15, -0.1) is 0 Å². The fourth-order valence-corrected chi connectivity index (χ4v) is 1.30. The number of aromatic hydroxyl groups is 1. The first kappa shape index (κ1) is 14.7. The van der Waals surface area contributed by atoms with Crippen LogP contribution in [0.15, 0.2) is 12.1 Å². The van der Waals surface area contributed by atoms with Gasteiger partial charge in [0.2, 0.25) is 0 Å². The number of esters is 1. The van der Waals surface area contributed by atoms with Crippen LogP contribution < -0.4 is 4.74 Å². The lowest BCUT2D eigenvalue weighted by Gasteiger charge is -2.14. The van der Waals surface area contributed by atoms with Gasteiger partial charge in [0, 0.05) is 13.2 Å². The van der Waals surface area contributed by atoms with Crippen LogP contribution in [-0.2, 0) is 9.47 Å². The number of hydrogen-bond acceptors (Lipinski definition) is 7. The Labute approximate surface area is 108 Å². The molecule has 1 rings (SSSR count). The van der Waals surface area contributed by atoms with E-state index < -0.39 is 28.6 Å². The molecular weight excluding hydrogens is 258 g/mol. The van der Waals surface area contributed by atoms with Crippen molar-refractivity contribution in [3.63, 3.8) is 0 Å². The second-order valence-electron chi connectivity index (χ2n) is 3.51. The van der Waals surface area contributed by atoms with Gasteiger partial charge < -0.3 is 19.3 Å². The summed E-state index contributed by atoms with van der Waals surface area (Å²) in [7, 11) is 2.46. The van der Waals surface area contributed by atoms with Crippen molar-refractivity contribution in [2.45, 2.75) is 13.2 Å². The highest BCUT2D eigenvalue weighted by atomic mass is 16.7. The van der Waals surface area contributed by atoms with Crippen LogP contribution in [-0.4, -0.2) is 36.5 Å². The van der Waals surface area contributed by atoms with Crippen LogP contribution in [0.3, 0.4) is 0 Å². The highest BCUT2D eigenvalue weighted by Gasteiger charge is 2.25. The molecule has 0 heterocycles. The average Bonchev–Trinajstić information content (AvgIpc) is 2.39. The average molecular weight is 271 g/mol. The lowest BCUT2D eigenvalue weighted by molar-refractivity contribution is -0.385. The van der Waals surface area contributed by atoms with E-state index in [9.17, 15) is 20.0 Å². The number of hydrogen-bond donors (Lipinski definition) is 1. The van der Waals surface area contributed by atoms with E-state index in [1.165, 1.54) is 7.11 Å². The highest BCUT2D eigenvalue weighted by Crippen LogP contribution is 2.34. The maximum atomic E-state index is 11.4. The van der Waals surface area contributed by atoms with Gasteiger partial charge in [0.15, 0.2) is 17.8 Å². The molecule has 0 aliphatic rings. The van der Waals surface area contributed by atoms with Crippen LogP contribution in [0.25, 0.3) is 0 Å². The summed E-state index contributed by atoms with van der Waals surface area (Å²) in [6, 6.07) is 1.86. The summed E-state index contributed by atoms with van der Waals surface area (Å²) in [5, 5.41) is 20.6. The van der Waals surface area contributed by atoms with E-state index in [0.717, 1.165) is 19.2 Å². The molecule has 0 spiro atoms. The molecule has 0 radical (unpaired) electrons. The third-order valence-corrected chi connectivity index (χ3v) is 2.30. The number of phenols is 1. The number of rotatable bonds is 5. The first-order valence-electron chi connectivity index (χ1n) is 5.19. The summed E-state index contributed by atoms with van der Waals surface area (Å²) >= 11 is 0. The Bertz CT molecular complexity index is 500. The molecule has 1 atom stereocenters. The quantitative estimate of drug-likeness (QED) is 0.373. The van der Waals surface area contributed by atoms with Gasteiger partial charge >= 0.3 is 5.97 Å². The van der Waals surface area contributed by atoms with Crippen LogP contribution in [0, 0.1) is 10.1 Å². The van der Waals surface area contributed by atoms with Crippen LogP contribution >= 0.6 is 0 Å². The Balaban J connectivity index is 3.28. The minimum atomic E-state index is -0.923. The molecule has 1 N–H and O–H groups in total. The number of nitro benzene ring substituents is 1. The van der Waals surface area contributed by atoms with Gasteiger partial charge in [-0.25, -0.2) is 4.79 Å². The third-order valence-electron chi connectivity index (χ3n) is 2.30. The van der Waals surface area contributed by atoms with Crippen LogP contribution in [0.4, 0.5) is 5.69 Å². The van der Waals surface area contributed by atoms with E-state index in [0.29, 0.717) is 0 Å². The smallest absolute Gasteiger partial charge is 0.345 e. The van der Waals surface area contributed by atoms with Crippen molar-refractivity contribution >= 4 is 11.7 Å². The molecule has 0 aliphatic carbocycles. The van der Waals surface area contributed by atoms with Crippen molar-refractivity contribution in [2.75, 3.05) is 14.2 Å². The van der Waals surface area contributed by atoms with Gasteiger partial charge in [-0.3, -0.25) is 10.1 Å². The molecule has 0 fully saturated rings. The standard InChI is InChI=1S/C11H13NO7/c1-6(17-2)19-10-5-8(12(15)16)7(4-9(10)13)11(14)18-3/h4-6,13H,1-3H3. The second-order valence-corrected chi connectivity index (χ2v) is 3.51. The second kappa shape index (κ2) is 6.01. The topological polar surface area (TPSA) is 108 Å². The Kier molecular flexibility index (Phi) is 4.65. The van der Waals surface area contributed by atoms with Crippen molar-refractivity contribution in [3.05, 3.63) is 27.8 Å². The van der Waals surface area contributed by atoms with Crippen molar-refractivity contribution < 1.29 is 29.0 Å². The van der Waals surface area contributed by atoms with Crippen molar-refractivity contribution in [2.24, 2.45) is 0 Å². The first-order chi connectivity index (χ1) is 8.90. The zero-order valence-corrected chi connectivity index (χ0v) is 10.6. The third kappa shape index (κ3) is 3.32. The summed E-state index contributed by atoms with van der Waals surface area (Å²) in [5.74, 6) is -1.50.